The molecule has 0 spiro atoms. The van der Waals surface area contributed by atoms with Crippen LogP contribution < -0.4 is 18.9 Å². The van der Waals surface area contributed by atoms with Gasteiger partial charge in [-0.1, -0.05) is 13.8 Å². The fourth-order valence-electron chi connectivity index (χ4n) is 3.97. The minimum Gasteiger partial charge on any atom is -0.454 e. The van der Waals surface area contributed by atoms with Crippen LogP contribution >= 0.6 is 0 Å². The summed E-state index contributed by atoms with van der Waals surface area (Å²) in [7, 11) is 0. The summed E-state index contributed by atoms with van der Waals surface area (Å²) in [6.45, 7) is 4.75. The second kappa shape index (κ2) is 5.30. The Balaban J connectivity index is 1.78. The Morgan fingerprint density at radius 3 is 2.04 bits per heavy atom. The molecule has 0 unspecified atom stereocenters. The molecule has 5 rings (SSSR count). The maximum atomic E-state index is 11.0. The second-order valence-electron chi connectivity index (χ2n) is 7.14. The Labute approximate surface area is 146 Å². The zero-order chi connectivity index (χ0) is 17.1. The van der Waals surface area contributed by atoms with Crippen LogP contribution in [0.1, 0.15) is 31.1 Å². The Hall–Kier alpha value is -2.40. The highest BCUT2D eigenvalue weighted by Gasteiger charge is 2.32. The van der Waals surface area contributed by atoms with Gasteiger partial charge >= 0.3 is 0 Å². The molecule has 2 aromatic rings. The standard InChI is InChI=1S/C20H20O5/c1-10-3-12-4-16-17(23-8-22-16)5-13(12)14-6-18-19(25-9-24-18)7-15(14)20(21)11(10)2/h4-7,10-11,20-21H,3,8-9H2,1-2H3/t10-,11+,20+/m1/s1. The van der Waals surface area contributed by atoms with E-state index >= 15 is 0 Å². The SMILES string of the molecule is C[C@H]1[C@H](C)Cc2cc3c(cc2-c2cc4c(cc2[C@H]1O)OCO4)OCO3. The predicted octanol–water partition coefficient (Wildman–Crippen LogP) is 3.67. The molecule has 2 aliphatic heterocycles. The van der Waals surface area contributed by atoms with E-state index in [-0.39, 0.29) is 19.5 Å². The van der Waals surface area contributed by atoms with Crippen LogP contribution in [0.4, 0.5) is 0 Å². The third kappa shape index (κ3) is 2.19. The van der Waals surface area contributed by atoms with Gasteiger partial charge in [-0.2, -0.15) is 0 Å². The number of benzene rings is 2. The van der Waals surface area contributed by atoms with Gasteiger partial charge in [-0.3, -0.25) is 0 Å². The van der Waals surface area contributed by atoms with E-state index in [1.807, 2.05) is 18.2 Å². The van der Waals surface area contributed by atoms with Gasteiger partial charge in [-0.05, 0) is 64.8 Å². The smallest absolute Gasteiger partial charge is 0.231 e. The number of hydrogen-bond donors (Lipinski definition) is 1. The highest BCUT2D eigenvalue weighted by Crippen LogP contribution is 2.49. The van der Waals surface area contributed by atoms with Gasteiger partial charge in [-0.25, -0.2) is 0 Å². The van der Waals surface area contributed by atoms with Crippen molar-refractivity contribution in [2.45, 2.75) is 26.4 Å². The number of ether oxygens (including phenoxy) is 4. The van der Waals surface area contributed by atoms with Crippen molar-refractivity contribution in [3.63, 3.8) is 0 Å². The largest absolute Gasteiger partial charge is 0.454 e. The Morgan fingerprint density at radius 2 is 1.36 bits per heavy atom. The first kappa shape index (κ1) is 14.9. The molecule has 0 fully saturated rings. The van der Waals surface area contributed by atoms with Crippen molar-refractivity contribution in [3.8, 4) is 34.1 Å². The minimum absolute atomic E-state index is 0.123. The van der Waals surface area contributed by atoms with Crippen molar-refractivity contribution in [3.05, 3.63) is 35.4 Å². The molecule has 0 saturated heterocycles. The maximum Gasteiger partial charge on any atom is 0.231 e. The minimum atomic E-state index is -0.557. The number of hydrogen-bond acceptors (Lipinski definition) is 5. The third-order valence-corrected chi connectivity index (χ3v) is 5.69. The first-order chi connectivity index (χ1) is 12.1. The van der Waals surface area contributed by atoms with Crippen LogP contribution in [0, 0.1) is 11.8 Å². The summed E-state index contributed by atoms with van der Waals surface area (Å²) < 4.78 is 22.2. The molecule has 0 saturated carbocycles. The molecule has 0 aromatic heterocycles. The first-order valence-corrected chi connectivity index (χ1v) is 8.66. The van der Waals surface area contributed by atoms with Crippen molar-refractivity contribution >= 4 is 0 Å². The lowest BCUT2D eigenvalue weighted by Gasteiger charge is -2.31. The van der Waals surface area contributed by atoms with Crippen molar-refractivity contribution in [1.82, 2.24) is 0 Å². The molecule has 130 valence electrons. The summed E-state index contributed by atoms with van der Waals surface area (Å²) >= 11 is 0. The van der Waals surface area contributed by atoms with Crippen LogP contribution in [0.25, 0.3) is 11.1 Å². The van der Waals surface area contributed by atoms with Gasteiger partial charge in [0.15, 0.2) is 23.0 Å². The van der Waals surface area contributed by atoms with Crippen molar-refractivity contribution in [1.29, 1.82) is 0 Å². The van der Waals surface area contributed by atoms with Gasteiger partial charge in [0, 0.05) is 0 Å². The van der Waals surface area contributed by atoms with Crippen LogP contribution in [0.15, 0.2) is 24.3 Å². The lowest BCUT2D eigenvalue weighted by Crippen LogP contribution is -2.22. The molecular weight excluding hydrogens is 320 g/mol. The van der Waals surface area contributed by atoms with Gasteiger partial charge < -0.3 is 24.1 Å². The normalized spacial score (nSPS) is 25.8. The monoisotopic (exact) mass is 340 g/mol. The average molecular weight is 340 g/mol. The van der Waals surface area contributed by atoms with Crippen LogP contribution in [0.2, 0.25) is 0 Å². The number of rotatable bonds is 0. The summed E-state index contributed by atoms with van der Waals surface area (Å²) in [5.41, 5.74) is 4.12. The zero-order valence-corrected chi connectivity index (χ0v) is 14.2. The summed E-state index contributed by atoms with van der Waals surface area (Å²) in [4.78, 5) is 0. The number of aliphatic hydroxyl groups excluding tert-OH is 1. The van der Waals surface area contributed by atoms with E-state index in [0.717, 1.165) is 40.4 Å². The van der Waals surface area contributed by atoms with Crippen LogP contribution in [-0.2, 0) is 6.42 Å². The molecule has 3 aliphatic rings. The molecule has 1 N–H and O–H groups in total. The van der Waals surface area contributed by atoms with Crippen molar-refractivity contribution in [2.24, 2.45) is 11.8 Å². The van der Waals surface area contributed by atoms with Gasteiger partial charge in [-0.15, -0.1) is 0 Å². The molecule has 1 aliphatic carbocycles. The molecule has 0 radical (unpaired) electrons. The highest BCUT2D eigenvalue weighted by molar-refractivity contribution is 5.77. The summed E-state index contributed by atoms with van der Waals surface area (Å²) in [6.07, 6.45) is 0.316. The number of fused-ring (bicyclic) bond motifs is 5. The van der Waals surface area contributed by atoms with Gasteiger partial charge in [0.2, 0.25) is 13.6 Å². The Morgan fingerprint density at radius 1 is 0.800 bits per heavy atom. The van der Waals surface area contributed by atoms with Crippen LogP contribution in [0.5, 0.6) is 23.0 Å². The maximum absolute atomic E-state index is 11.0. The van der Waals surface area contributed by atoms with Gasteiger partial charge in [0.05, 0.1) is 6.10 Å². The Kier molecular flexibility index (Phi) is 3.16. The van der Waals surface area contributed by atoms with E-state index in [1.54, 1.807) is 0 Å². The predicted molar refractivity (Wildman–Crippen MR) is 91.1 cm³/mol. The van der Waals surface area contributed by atoms with Crippen LogP contribution in [-0.4, -0.2) is 18.7 Å². The van der Waals surface area contributed by atoms with Gasteiger partial charge in [0.1, 0.15) is 0 Å². The molecular formula is C20H20O5. The molecule has 0 amide bonds. The summed E-state index contributed by atoms with van der Waals surface area (Å²) in [5, 5.41) is 11.0. The summed E-state index contributed by atoms with van der Waals surface area (Å²) in [6, 6.07) is 8.00. The topological polar surface area (TPSA) is 57.2 Å². The zero-order valence-electron chi connectivity index (χ0n) is 14.2. The quantitative estimate of drug-likeness (QED) is 0.793. The van der Waals surface area contributed by atoms with E-state index in [4.69, 9.17) is 18.9 Å². The lowest BCUT2D eigenvalue weighted by molar-refractivity contribution is 0.0866. The van der Waals surface area contributed by atoms with E-state index in [1.165, 1.54) is 5.56 Å². The van der Waals surface area contributed by atoms with Crippen molar-refractivity contribution < 1.29 is 24.1 Å². The second-order valence-corrected chi connectivity index (χ2v) is 7.14. The fourth-order valence-corrected chi connectivity index (χ4v) is 3.97. The highest BCUT2D eigenvalue weighted by atomic mass is 16.7. The summed E-state index contributed by atoms with van der Waals surface area (Å²) in [5.74, 6) is 3.40. The van der Waals surface area contributed by atoms with E-state index in [9.17, 15) is 5.11 Å². The Bertz CT molecular complexity index is 860. The van der Waals surface area contributed by atoms with Crippen LogP contribution in [0.3, 0.4) is 0 Å². The fraction of sp³-hybridized carbons (Fsp3) is 0.400. The number of aliphatic hydroxyl groups is 1. The molecule has 25 heavy (non-hydrogen) atoms. The van der Waals surface area contributed by atoms with E-state index < -0.39 is 6.10 Å². The third-order valence-electron chi connectivity index (χ3n) is 5.69. The lowest BCUT2D eigenvalue weighted by atomic mass is 9.76. The molecule has 5 nitrogen and oxygen atoms in total. The molecule has 2 aromatic carbocycles. The van der Waals surface area contributed by atoms with E-state index in [0.29, 0.717) is 11.7 Å². The average Bonchev–Trinajstić information content (AvgIpc) is 3.25. The van der Waals surface area contributed by atoms with E-state index in [2.05, 4.69) is 19.9 Å². The molecule has 3 atom stereocenters. The molecule has 0 bridgehead atoms. The van der Waals surface area contributed by atoms with Gasteiger partial charge in [0.25, 0.3) is 0 Å². The molecule has 5 heteroatoms. The first-order valence-electron chi connectivity index (χ1n) is 8.66. The molecule has 2 heterocycles. The van der Waals surface area contributed by atoms with Crippen molar-refractivity contribution in [2.75, 3.05) is 13.6 Å².